The van der Waals surface area contributed by atoms with Gasteiger partial charge in [-0.3, -0.25) is 19.9 Å². The number of ketones is 1. The second-order valence-electron chi connectivity index (χ2n) is 7.88. The van der Waals surface area contributed by atoms with Crippen molar-refractivity contribution in [2.24, 2.45) is 0 Å². The number of pyridine rings is 1. The molecule has 0 aliphatic heterocycles. The Morgan fingerprint density at radius 3 is 2.27 bits per heavy atom. The molecule has 33 heavy (non-hydrogen) atoms. The average molecular weight is 462 g/mol. The molecule has 0 aliphatic rings. The lowest BCUT2D eigenvalue weighted by Gasteiger charge is -2.34. The number of nitro groups is 1. The van der Waals surface area contributed by atoms with Crippen LogP contribution in [0.1, 0.15) is 45.1 Å². The summed E-state index contributed by atoms with van der Waals surface area (Å²) in [4.78, 5) is 27.5. The van der Waals surface area contributed by atoms with Gasteiger partial charge in [0.25, 0.3) is 0 Å². The van der Waals surface area contributed by atoms with Crippen molar-refractivity contribution in [2.45, 2.75) is 45.7 Å². The number of tetrazole rings is 1. The summed E-state index contributed by atoms with van der Waals surface area (Å²) in [5, 5.41) is 22.5. The predicted molar refractivity (Wildman–Crippen MR) is 111 cm³/mol. The van der Waals surface area contributed by atoms with E-state index in [-0.39, 0.29) is 22.4 Å². The van der Waals surface area contributed by atoms with E-state index in [1.54, 1.807) is 6.92 Å². The Morgan fingerprint density at radius 2 is 1.76 bits per heavy atom. The number of benzene rings is 1. The fourth-order valence-electron chi connectivity index (χ4n) is 3.82. The Labute approximate surface area is 186 Å². The van der Waals surface area contributed by atoms with Gasteiger partial charge in [-0.15, -0.1) is 5.10 Å². The van der Waals surface area contributed by atoms with Crippen molar-refractivity contribution in [3.8, 4) is 5.69 Å². The van der Waals surface area contributed by atoms with Crippen LogP contribution in [0.2, 0.25) is 0 Å². The van der Waals surface area contributed by atoms with Gasteiger partial charge in [0.15, 0.2) is 17.0 Å². The van der Waals surface area contributed by atoms with E-state index in [0.29, 0.717) is 17.2 Å². The van der Waals surface area contributed by atoms with Crippen molar-refractivity contribution in [3.05, 3.63) is 74.3 Å². The maximum absolute atomic E-state index is 14.5. The minimum Gasteiger partial charge on any atom is -0.294 e. The third-order valence-electron chi connectivity index (χ3n) is 5.62. The highest BCUT2D eigenvalue weighted by Crippen LogP contribution is 2.46. The summed E-state index contributed by atoms with van der Waals surface area (Å²) in [7, 11) is 0. The molecule has 0 saturated carbocycles. The van der Waals surface area contributed by atoms with Gasteiger partial charge in [-0.25, -0.2) is 0 Å². The SMILES string of the molecule is Cc1cc(C(CC(=O)c2ccc(-n3nnnc3C)cc2)(C[N+](=O)[O-])C(F)(F)F)c(C)c(C)n1. The van der Waals surface area contributed by atoms with E-state index >= 15 is 0 Å². The van der Waals surface area contributed by atoms with Crippen molar-refractivity contribution in [2.75, 3.05) is 6.54 Å². The van der Waals surface area contributed by atoms with Crippen LogP contribution in [0, 0.1) is 37.8 Å². The summed E-state index contributed by atoms with van der Waals surface area (Å²) in [6.45, 7) is 4.64. The zero-order valence-corrected chi connectivity index (χ0v) is 18.3. The highest BCUT2D eigenvalue weighted by atomic mass is 19.4. The van der Waals surface area contributed by atoms with Gasteiger partial charge in [0.2, 0.25) is 6.54 Å². The first-order valence-electron chi connectivity index (χ1n) is 9.88. The predicted octanol–water partition coefficient (Wildman–Crippen LogP) is 3.64. The molecule has 1 aromatic carbocycles. The Morgan fingerprint density at radius 1 is 1.12 bits per heavy atom. The zero-order valence-electron chi connectivity index (χ0n) is 18.3. The molecule has 0 saturated heterocycles. The molecule has 2 aromatic heterocycles. The molecule has 9 nitrogen and oxygen atoms in total. The fourth-order valence-corrected chi connectivity index (χ4v) is 3.82. The van der Waals surface area contributed by atoms with Gasteiger partial charge in [0.05, 0.1) is 5.69 Å². The number of aryl methyl sites for hydroxylation is 3. The number of Topliss-reactive ketones (excluding diaryl/α,β-unsaturated/α-hetero) is 1. The van der Waals surface area contributed by atoms with E-state index in [1.165, 1.54) is 55.8 Å². The van der Waals surface area contributed by atoms with Gasteiger partial charge in [-0.2, -0.15) is 17.9 Å². The average Bonchev–Trinajstić information content (AvgIpc) is 3.15. The van der Waals surface area contributed by atoms with E-state index in [2.05, 4.69) is 20.5 Å². The number of alkyl halides is 3. The monoisotopic (exact) mass is 462 g/mol. The third-order valence-corrected chi connectivity index (χ3v) is 5.62. The lowest BCUT2D eigenvalue weighted by molar-refractivity contribution is -0.501. The quantitative estimate of drug-likeness (QED) is 0.299. The largest absolute Gasteiger partial charge is 0.405 e. The van der Waals surface area contributed by atoms with E-state index in [1.807, 2.05) is 0 Å². The maximum Gasteiger partial charge on any atom is 0.405 e. The molecule has 0 aliphatic carbocycles. The van der Waals surface area contributed by atoms with Crippen LogP contribution >= 0.6 is 0 Å². The fraction of sp³-hybridized carbons (Fsp3) is 0.381. The minimum absolute atomic E-state index is 0.0124. The molecule has 0 amide bonds. The van der Waals surface area contributed by atoms with Crippen LogP contribution in [0.25, 0.3) is 5.69 Å². The second-order valence-corrected chi connectivity index (χ2v) is 7.88. The molecular formula is C21H21F3N6O3. The van der Waals surface area contributed by atoms with Crippen LogP contribution in [0.3, 0.4) is 0 Å². The van der Waals surface area contributed by atoms with Crippen LogP contribution in [0.15, 0.2) is 30.3 Å². The smallest absolute Gasteiger partial charge is 0.294 e. The number of carbonyl (C=O) groups excluding carboxylic acids is 1. The van der Waals surface area contributed by atoms with Crippen molar-refractivity contribution in [1.82, 2.24) is 25.2 Å². The highest BCUT2D eigenvalue weighted by molar-refractivity contribution is 5.97. The standard InChI is InChI=1S/C21H21F3N6O3/c1-12-9-18(13(2)14(3)25-12)20(11-29(32)33,21(22,23)24)10-19(31)16-5-7-17(8-6-16)30-15(4)26-27-28-30/h5-9H,10-11H2,1-4H3. The van der Waals surface area contributed by atoms with Gasteiger partial charge in [-0.05, 0) is 79.6 Å². The second kappa shape index (κ2) is 8.68. The van der Waals surface area contributed by atoms with E-state index in [4.69, 9.17) is 0 Å². The Balaban J connectivity index is 2.08. The van der Waals surface area contributed by atoms with E-state index < -0.39 is 35.3 Å². The number of hydrogen-bond acceptors (Lipinski definition) is 7. The highest BCUT2D eigenvalue weighted by Gasteiger charge is 2.61. The van der Waals surface area contributed by atoms with Crippen molar-refractivity contribution in [3.63, 3.8) is 0 Å². The summed E-state index contributed by atoms with van der Waals surface area (Å²) in [5.41, 5.74) is -2.07. The molecule has 1 atom stereocenters. The van der Waals surface area contributed by atoms with Crippen LogP contribution in [0.4, 0.5) is 13.2 Å². The molecule has 3 aromatic rings. The minimum atomic E-state index is -5.07. The lowest BCUT2D eigenvalue weighted by atomic mass is 9.72. The van der Waals surface area contributed by atoms with Crippen LogP contribution in [0.5, 0.6) is 0 Å². The Bertz CT molecular complexity index is 1210. The van der Waals surface area contributed by atoms with Gasteiger partial charge in [0, 0.05) is 28.3 Å². The van der Waals surface area contributed by atoms with E-state index in [9.17, 15) is 28.1 Å². The van der Waals surface area contributed by atoms with Crippen LogP contribution < -0.4 is 0 Å². The maximum atomic E-state index is 14.5. The first kappa shape index (κ1) is 24.0. The summed E-state index contributed by atoms with van der Waals surface area (Å²) >= 11 is 0. The van der Waals surface area contributed by atoms with Gasteiger partial charge in [-0.1, -0.05) is 0 Å². The van der Waals surface area contributed by atoms with Crippen LogP contribution in [-0.4, -0.2) is 48.6 Å². The number of hydrogen-bond donors (Lipinski definition) is 0. The van der Waals surface area contributed by atoms with E-state index in [0.717, 1.165) is 0 Å². The first-order valence-corrected chi connectivity index (χ1v) is 9.88. The Kier molecular flexibility index (Phi) is 6.30. The van der Waals surface area contributed by atoms with Crippen molar-refractivity contribution in [1.29, 1.82) is 0 Å². The molecule has 12 heteroatoms. The first-order chi connectivity index (χ1) is 15.4. The molecular weight excluding hydrogens is 441 g/mol. The number of nitrogens with zero attached hydrogens (tertiary/aromatic N) is 6. The number of carbonyl (C=O) groups is 1. The number of aromatic nitrogens is 5. The number of halogens is 3. The summed E-state index contributed by atoms with van der Waals surface area (Å²) < 4.78 is 45.0. The topological polar surface area (TPSA) is 117 Å². The molecule has 0 radical (unpaired) electrons. The van der Waals surface area contributed by atoms with Crippen LogP contribution in [-0.2, 0) is 5.41 Å². The van der Waals surface area contributed by atoms with Gasteiger partial charge >= 0.3 is 6.18 Å². The molecule has 1 unspecified atom stereocenters. The lowest BCUT2D eigenvalue weighted by Crippen LogP contribution is -2.50. The Hall–Kier alpha value is -3.70. The molecule has 0 fully saturated rings. The number of rotatable bonds is 7. The molecule has 0 bridgehead atoms. The summed E-state index contributed by atoms with van der Waals surface area (Å²) in [6, 6.07) is 6.86. The third kappa shape index (κ3) is 4.59. The summed E-state index contributed by atoms with van der Waals surface area (Å²) in [5.74, 6) is -0.393. The normalized spacial score (nSPS) is 13.5. The molecule has 0 N–H and O–H groups in total. The van der Waals surface area contributed by atoms with Crippen molar-refractivity contribution >= 4 is 5.78 Å². The molecule has 174 valence electrons. The van der Waals surface area contributed by atoms with Gasteiger partial charge < -0.3 is 0 Å². The summed E-state index contributed by atoms with van der Waals surface area (Å²) in [6.07, 6.45) is -6.19. The molecule has 2 heterocycles. The molecule has 3 rings (SSSR count). The van der Waals surface area contributed by atoms with Crippen molar-refractivity contribution < 1.29 is 22.9 Å². The zero-order chi connectivity index (χ0) is 24.6. The van der Waals surface area contributed by atoms with Gasteiger partial charge in [0.1, 0.15) is 0 Å². The molecule has 0 spiro atoms.